The van der Waals surface area contributed by atoms with Crippen LogP contribution in [-0.2, 0) is 6.54 Å². The molecule has 1 aromatic carbocycles. The van der Waals surface area contributed by atoms with Crippen molar-refractivity contribution >= 4 is 17.0 Å². The molecule has 0 saturated heterocycles. The highest BCUT2D eigenvalue weighted by Gasteiger charge is 2.14. The Bertz CT molecular complexity index is 529. The van der Waals surface area contributed by atoms with Crippen molar-refractivity contribution in [2.24, 2.45) is 0 Å². The molecule has 0 bridgehead atoms. The molecule has 0 saturated carbocycles. The lowest BCUT2D eigenvalue weighted by molar-refractivity contribution is 0.278. The maximum atomic E-state index is 9.24. The van der Waals surface area contributed by atoms with Gasteiger partial charge in [0.05, 0.1) is 17.6 Å². The molecule has 0 atom stereocenters. The largest absolute Gasteiger partial charge is 0.395 e. The van der Waals surface area contributed by atoms with Gasteiger partial charge in [-0.25, -0.2) is 4.98 Å². The minimum absolute atomic E-state index is 0.133. The zero-order chi connectivity index (χ0) is 13.1. The van der Waals surface area contributed by atoms with Crippen molar-refractivity contribution in [1.82, 2.24) is 9.55 Å². The molecule has 2 aromatic rings. The molecule has 0 spiro atoms. The average molecular weight is 247 g/mol. The van der Waals surface area contributed by atoms with Gasteiger partial charge >= 0.3 is 0 Å². The van der Waals surface area contributed by atoms with Crippen LogP contribution in [0.1, 0.15) is 19.4 Å². The van der Waals surface area contributed by atoms with E-state index in [4.69, 9.17) is 4.98 Å². The normalized spacial score (nSPS) is 11.1. The standard InChI is InChI=1S/C14H21N3O/c1-4-16(5-2)14-15-12-10-11(3)6-7-13(12)17(14)8-9-18/h6-7,10,18H,4-5,8-9H2,1-3H3. The zero-order valence-corrected chi connectivity index (χ0v) is 11.3. The maximum absolute atomic E-state index is 9.24. The van der Waals surface area contributed by atoms with E-state index in [1.165, 1.54) is 5.56 Å². The van der Waals surface area contributed by atoms with Crippen LogP contribution >= 0.6 is 0 Å². The van der Waals surface area contributed by atoms with E-state index >= 15 is 0 Å². The monoisotopic (exact) mass is 247 g/mol. The van der Waals surface area contributed by atoms with E-state index < -0.39 is 0 Å². The lowest BCUT2D eigenvalue weighted by atomic mass is 10.2. The first-order valence-corrected chi connectivity index (χ1v) is 6.54. The summed E-state index contributed by atoms with van der Waals surface area (Å²) < 4.78 is 2.10. The second kappa shape index (κ2) is 5.40. The molecule has 98 valence electrons. The number of aliphatic hydroxyl groups is 1. The van der Waals surface area contributed by atoms with Crippen molar-refractivity contribution in [2.45, 2.75) is 27.3 Å². The Hall–Kier alpha value is -1.55. The number of benzene rings is 1. The number of aliphatic hydroxyl groups excluding tert-OH is 1. The third-order valence-corrected chi connectivity index (χ3v) is 3.25. The van der Waals surface area contributed by atoms with E-state index in [9.17, 15) is 5.11 Å². The smallest absolute Gasteiger partial charge is 0.206 e. The number of imidazole rings is 1. The van der Waals surface area contributed by atoms with Crippen LogP contribution in [0.5, 0.6) is 0 Å². The molecule has 0 aliphatic rings. The summed E-state index contributed by atoms with van der Waals surface area (Å²) in [6.07, 6.45) is 0. The first kappa shape index (κ1) is 12.9. The SMILES string of the molecule is CCN(CC)c1nc2cc(C)ccc2n1CCO. The van der Waals surface area contributed by atoms with Gasteiger partial charge in [-0.1, -0.05) is 6.07 Å². The topological polar surface area (TPSA) is 41.3 Å². The Morgan fingerprint density at radius 2 is 2.00 bits per heavy atom. The van der Waals surface area contributed by atoms with Crippen molar-refractivity contribution in [3.63, 3.8) is 0 Å². The summed E-state index contributed by atoms with van der Waals surface area (Å²) in [7, 11) is 0. The van der Waals surface area contributed by atoms with Gasteiger partial charge in [-0.3, -0.25) is 0 Å². The van der Waals surface area contributed by atoms with Gasteiger partial charge in [-0.05, 0) is 38.5 Å². The highest BCUT2D eigenvalue weighted by molar-refractivity contribution is 5.79. The lowest BCUT2D eigenvalue weighted by Crippen LogP contribution is -2.26. The zero-order valence-electron chi connectivity index (χ0n) is 11.3. The number of aryl methyl sites for hydroxylation is 1. The predicted molar refractivity (Wildman–Crippen MR) is 75.1 cm³/mol. The fraction of sp³-hybridized carbons (Fsp3) is 0.500. The summed E-state index contributed by atoms with van der Waals surface area (Å²) in [6.45, 7) is 8.88. The molecule has 0 radical (unpaired) electrons. The minimum Gasteiger partial charge on any atom is -0.395 e. The quantitative estimate of drug-likeness (QED) is 0.880. The van der Waals surface area contributed by atoms with Crippen LogP contribution < -0.4 is 4.90 Å². The van der Waals surface area contributed by atoms with Crippen LogP contribution in [0.4, 0.5) is 5.95 Å². The highest BCUT2D eigenvalue weighted by atomic mass is 16.3. The number of aromatic nitrogens is 2. The van der Waals surface area contributed by atoms with Gasteiger partial charge in [-0.2, -0.15) is 0 Å². The Morgan fingerprint density at radius 3 is 2.61 bits per heavy atom. The van der Waals surface area contributed by atoms with Crippen LogP contribution in [0.3, 0.4) is 0 Å². The van der Waals surface area contributed by atoms with E-state index in [0.717, 1.165) is 30.1 Å². The van der Waals surface area contributed by atoms with Crippen LogP contribution in [0.25, 0.3) is 11.0 Å². The summed E-state index contributed by atoms with van der Waals surface area (Å²) in [5.41, 5.74) is 3.31. The molecule has 1 heterocycles. The number of fused-ring (bicyclic) bond motifs is 1. The van der Waals surface area contributed by atoms with Crippen LogP contribution in [0.15, 0.2) is 18.2 Å². The Balaban J connectivity index is 2.59. The van der Waals surface area contributed by atoms with Gasteiger partial charge in [0, 0.05) is 19.6 Å². The molecule has 1 N–H and O–H groups in total. The van der Waals surface area contributed by atoms with Crippen LogP contribution in [-0.4, -0.2) is 34.4 Å². The average Bonchev–Trinajstić information content (AvgIpc) is 2.70. The van der Waals surface area contributed by atoms with Crippen molar-refractivity contribution in [1.29, 1.82) is 0 Å². The molecule has 4 nitrogen and oxygen atoms in total. The first-order valence-electron chi connectivity index (χ1n) is 6.54. The van der Waals surface area contributed by atoms with Gasteiger partial charge in [0.1, 0.15) is 0 Å². The molecule has 18 heavy (non-hydrogen) atoms. The molecule has 0 amide bonds. The van der Waals surface area contributed by atoms with E-state index in [1.807, 2.05) is 0 Å². The molecular weight excluding hydrogens is 226 g/mol. The van der Waals surface area contributed by atoms with E-state index in [1.54, 1.807) is 0 Å². The number of anilines is 1. The fourth-order valence-electron chi connectivity index (χ4n) is 2.30. The summed E-state index contributed by atoms with van der Waals surface area (Å²) in [6, 6.07) is 6.26. The van der Waals surface area contributed by atoms with Crippen LogP contribution in [0.2, 0.25) is 0 Å². The van der Waals surface area contributed by atoms with E-state index in [0.29, 0.717) is 6.54 Å². The molecule has 4 heteroatoms. The van der Waals surface area contributed by atoms with Gasteiger partial charge in [-0.15, -0.1) is 0 Å². The fourth-order valence-corrected chi connectivity index (χ4v) is 2.30. The van der Waals surface area contributed by atoms with Crippen molar-refractivity contribution in [3.05, 3.63) is 23.8 Å². The number of hydrogen-bond donors (Lipinski definition) is 1. The number of rotatable bonds is 5. The minimum atomic E-state index is 0.133. The number of nitrogens with zero attached hydrogens (tertiary/aromatic N) is 3. The molecule has 1 aromatic heterocycles. The summed E-state index contributed by atoms with van der Waals surface area (Å²) >= 11 is 0. The third kappa shape index (κ3) is 2.20. The van der Waals surface area contributed by atoms with Gasteiger partial charge in [0.15, 0.2) is 0 Å². The third-order valence-electron chi connectivity index (χ3n) is 3.25. The Labute approximate surface area is 108 Å². The van der Waals surface area contributed by atoms with Crippen molar-refractivity contribution in [2.75, 3.05) is 24.6 Å². The summed E-state index contributed by atoms with van der Waals surface area (Å²) in [5.74, 6) is 0.953. The van der Waals surface area contributed by atoms with Gasteiger partial charge in [0.25, 0.3) is 0 Å². The predicted octanol–water partition coefficient (Wildman–Crippen LogP) is 2.18. The summed E-state index contributed by atoms with van der Waals surface area (Å²) in [4.78, 5) is 6.93. The maximum Gasteiger partial charge on any atom is 0.206 e. The second-order valence-electron chi connectivity index (χ2n) is 4.45. The van der Waals surface area contributed by atoms with Crippen molar-refractivity contribution < 1.29 is 5.11 Å². The molecule has 0 aliphatic carbocycles. The van der Waals surface area contributed by atoms with Gasteiger partial charge in [0.2, 0.25) is 5.95 Å². The molecular formula is C14H21N3O. The lowest BCUT2D eigenvalue weighted by Gasteiger charge is -2.20. The molecule has 0 fully saturated rings. The first-order chi connectivity index (χ1) is 8.71. The van der Waals surface area contributed by atoms with E-state index in [-0.39, 0.29) is 6.61 Å². The number of hydrogen-bond acceptors (Lipinski definition) is 3. The Kier molecular flexibility index (Phi) is 3.87. The Morgan fingerprint density at radius 1 is 1.28 bits per heavy atom. The molecule has 0 aliphatic heterocycles. The molecule has 2 rings (SSSR count). The summed E-state index contributed by atoms with van der Waals surface area (Å²) in [5, 5.41) is 9.24. The van der Waals surface area contributed by atoms with Crippen LogP contribution in [0, 0.1) is 6.92 Å². The van der Waals surface area contributed by atoms with Gasteiger partial charge < -0.3 is 14.6 Å². The second-order valence-corrected chi connectivity index (χ2v) is 4.45. The van der Waals surface area contributed by atoms with Crippen molar-refractivity contribution in [3.8, 4) is 0 Å². The van der Waals surface area contributed by atoms with E-state index in [2.05, 4.69) is 48.4 Å². The highest BCUT2D eigenvalue weighted by Crippen LogP contribution is 2.23. The molecule has 0 unspecified atom stereocenters.